The lowest BCUT2D eigenvalue weighted by atomic mass is 9.93. The van der Waals surface area contributed by atoms with Gasteiger partial charge in [-0.25, -0.2) is 31.4 Å². The van der Waals surface area contributed by atoms with Crippen LogP contribution in [0, 0.1) is 41.5 Å². The SMILES string of the molecule is Cc1cc(C)c(NS(=O)(=O)c2ccc(O)c(C(=O)O)c2)c(C)c1/N=c1\cc2oc3cc(Nc4c(C)cc(C)c(NS(=O)(=O)c5ccc(O)c(C(=O)O)c5)c4C)ccc3c(-c3ccccc3S(=O)(=O)O)c-2cc1S(=O)(=O)O. The van der Waals surface area contributed by atoms with Crippen LogP contribution in [0.5, 0.6) is 11.5 Å². The van der Waals surface area contributed by atoms with Crippen molar-refractivity contribution in [3.05, 3.63) is 153 Å². The topological polar surface area (TPSA) is 354 Å². The second-order valence-electron chi connectivity index (χ2n) is 17.6. The molecule has 1 aliphatic carbocycles. The van der Waals surface area contributed by atoms with Crippen LogP contribution in [0.2, 0.25) is 0 Å². The number of carboxylic acids is 2. The Kier molecular flexibility index (Phi) is 13.8. The van der Waals surface area contributed by atoms with Gasteiger partial charge >= 0.3 is 11.9 Å². The zero-order chi connectivity index (χ0) is 55.7. The van der Waals surface area contributed by atoms with Gasteiger partial charge in [0.25, 0.3) is 40.3 Å². The highest BCUT2D eigenvalue weighted by Gasteiger charge is 2.29. The summed E-state index contributed by atoms with van der Waals surface area (Å²) in [4.78, 5) is 25.7. The lowest BCUT2D eigenvalue weighted by Crippen LogP contribution is -2.17. The minimum Gasteiger partial charge on any atom is -0.507 e. The van der Waals surface area contributed by atoms with Crippen molar-refractivity contribution in [1.82, 2.24) is 0 Å². The number of nitrogens with zero attached hydrogens (tertiary/aromatic N) is 1. The molecule has 0 aromatic heterocycles. The summed E-state index contributed by atoms with van der Waals surface area (Å²) < 4.78 is 140. The molecular formula is C51H44N4O17S4. The summed E-state index contributed by atoms with van der Waals surface area (Å²) in [5.41, 5.74) is 1.87. The number of phenols is 2. The number of benzene rings is 7. The highest BCUT2D eigenvalue weighted by molar-refractivity contribution is 7.93. The van der Waals surface area contributed by atoms with Crippen molar-refractivity contribution >= 4 is 91.6 Å². The lowest BCUT2D eigenvalue weighted by Gasteiger charge is -2.21. The molecule has 1 heterocycles. The third-order valence-electron chi connectivity index (χ3n) is 12.4. The first-order valence-electron chi connectivity index (χ1n) is 22.2. The van der Waals surface area contributed by atoms with Gasteiger partial charge in [-0.1, -0.05) is 30.3 Å². The molecule has 0 radical (unpaired) electrons. The Balaban J connectivity index is 1.32. The maximum Gasteiger partial charge on any atom is 0.339 e. The van der Waals surface area contributed by atoms with E-state index >= 15 is 0 Å². The second-order valence-corrected chi connectivity index (χ2v) is 23.8. The van der Waals surface area contributed by atoms with Gasteiger partial charge in [0.05, 0.1) is 32.2 Å². The fourth-order valence-corrected chi connectivity index (χ4v) is 12.6. The summed E-state index contributed by atoms with van der Waals surface area (Å²) in [7, 11) is -19.2. The number of carboxylic acid groups (broad SMARTS) is 2. The number of hydrogen-bond acceptors (Lipinski definition) is 15. The van der Waals surface area contributed by atoms with E-state index < -0.39 is 99.8 Å². The molecule has 8 rings (SSSR count). The molecule has 25 heteroatoms. The predicted octanol–water partition coefficient (Wildman–Crippen LogP) is 8.93. The van der Waals surface area contributed by atoms with Crippen LogP contribution in [-0.4, -0.2) is 75.1 Å². The van der Waals surface area contributed by atoms with Crippen LogP contribution in [0.25, 0.3) is 33.4 Å². The van der Waals surface area contributed by atoms with Crippen LogP contribution in [0.3, 0.4) is 0 Å². The van der Waals surface area contributed by atoms with E-state index in [-0.39, 0.29) is 56.0 Å². The number of fused-ring (bicyclic) bond motifs is 2. The van der Waals surface area contributed by atoms with E-state index in [1.165, 1.54) is 43.3 Å². The van der Waals surface area contributed by atoms with Crippen molar-refractivity contribution in [3.63, 3.8) is 0 Å². The molecule has 6 aromatic carbocycles. The molecule has 0 atom stereocenters. The van der Waals surface area contributed by atoms with E-state index in [0.717, 1.165) is 54.6 Å². The third kappa shape index (κ3) is 10.3. The Morgan fingerprint density at radius 2 is 1.05 bits per heavy atom. The summed E-state index contributed by atoms with van der Waals surface area (Å²) in [5.74, 6) is -4.58. The average Bonchev–Trinajstić information content (AvgIpc) is 3.37. The fraction of sp³-hybridized carbons (Fsp3) is 0.118. The number of aryl methyl sites for hydroxylation is 4. The van der Waals surface area contributed by atoms with Crippen LogP contribution in [0.1, 0.15) is 54.1 Å². The summed E-state index contributed by atoms with van der Waals surface area (Å²) in [6, 6.07) is 20.8. The molecular weight excluding hydrogens is 1070 g/mol. The summed E-state index contributed by atoms with van der Waals surface area (Å²) >= 11 is 0. The van der Waals surface area contributed by atoms with Crippen molar-refractivity contribution in [2.45, 2.75) is 61.1 Å². The number of aromatic hydroxyl groups is 2. The molecule has 394 valence electrons. The first-order chi connectivity index (χ1) is 35.4. The van der Waals surface area contributed by atoms with Crippen LogP contribution in [-0.2, 0) is 40.3 Å². The largest absolute Gasteiger partial charge is 0.507 e. The minimum atomic E-state index is -5.22. The van der Waals surface area contributed by atoms with Crippen molar-refractivity contribution in [2.75, 3.05) is 14.8 Å². The van der Waals surface area contributed by atoms with Gasteiger partial charge in [0.1, 0.15) is 43.8 Å². The standard InChI is InChI=1S/C51H44N4O17S4/c1-24-17-26(3)48(54-73(62,63)31-12-15-39(56)35(20-31)50(58)59)28(5)46(24)52-30-11-14-33-41(19-30)72-42-23-38(44(76(69,70)71)22-37(42)45(33)34-9-7-8-10-43(34)75(66,67)68)53-47-25(2)18-27(4)49(29(47)6)55-74(64,65)32-13-16-40(57)36(21-32)51(60)61/h7-23,52,54-57H,1-6H3,(H,58,59)(H,60,61)(H,66,67,68)(H,69,70,71)/b53-38+. The molecule has 0 spiro atoms. The monoisotopic (exact) mass is 1110 g/mol. The van der Waals surface area contributed by atoms with Crippen molar-refractivity contribution < 1.29 is 77.2 Å². The summed E-state index contributed by atoms with van der Waals surface area (Å²) in [5, 5.41) is 42.0. The van der Waals surface area contributed by atoms with E-state index in [2.05, 4.69) is 19.8 Å². The lowest BCUT2D eigenvalue weighted by molar-refractivity contribution is 0.0682. The second kappa shape index (κ2) is 19.4. The van der Waals surface area contributed by atoms with E-state index in [1.54, 1.807) is 46.8 Å². The van der Waals surface area contributed by atoms with Crippen molar-refractivity contribution in [2.24, 2.45) is 4.99 Å². The average molecular weight is 1110 g/mol. The van der Waals surface area contributed by atoms with Gasteiger partial charge in [0, 0.05) is 45.6 Å². The summed E-state index contributed by atoms with van der Waals surface area (Å²) in [6.07, 6.45) is 0. The number of rotatable bonds is 14. The molecule has 0 amide bonds. The van der Waals surface area contributed by atoms with Gasteiger partial charge in [-0.05, 0) is 136 Å². The van der Waals surface area contributed by atoms with Crippen molar-refractivity contribution in [3.8, 4) is 33.9 Å². The molecule has 0 saturated carbocycles. The van der Waals surface area contributed by atoms with Crippen LogP contribution in [0.15, 0.2) is 132 Å². The fourth-order valence-electron chi connectivity index (χ4n) is 8.86. The van der Waals surface area contributed by atoms with Gasteiger partial charge in [-0.2, -0.15) is 16.8 Å². The number of hydrogen-bond donors (Lipinski definition) is 9. The smallest absolute Gasteiger partial charge is 0.339 e. The quantitative estimate of drug-likeness (QED) is 0.0362. The number of carbonyl (C=O) groups is 2. The summed E-state index contributed by atoms with van der Waals surface area (Å²) in [6.45, 7) is 9.68. The Bertz CT molecular complexity index is 4350. The number of anilines is 4. The van der Waals surface area contributed by atoms with Gasteiger partial charge in [0.15, 0.2) is 0 Å². The molecule has 9 N–H and O–H groups in total. The predicted molar refractivity (Wildman–Crippen MR) is 279 cm³/mol. The van der Waals surface area contributed by atoms with E-state index in [9.17, 15) is 72.8 Å². The number of nitrogens with one attached hydrogen (secondary N) is 3. The molecule has 21 nitrogen and oxygen atoms in total. The molecule has 6 aromatic rings. The Labute approximate surface area is 434 Å². The van der Waals surface area contributed by atoms with Gasteiger partial charge in [-0.15, -0.1) is 0 Å². The van der Waals surface area contributed by atoms with Gasteiger partial charge in [-0.3, -0.25) is 18.5 Å². The first-order valence-corrected chi connectivity index (χ1v) is 28.0. The number of sulfonamides is 2. The number of aromatic carboxylic acids is 2. The maximum atomic E-state index is 13.7. The minimum absolute atomic E-state index is 0.0202. The molecule has 0 bridgehead atoms. The molecule has 0 fully saturated rings. The van der Waals surface area contributed by atoms with Crippen LogP contribution in [0.4, 0.5) is 28.4 Å². The van der Waals surface area contributed by atoms with E-state index in [1.807, 2.05) is 0 Å². The van der Waals surface area contributed by atoms with E-state index in [0.29, 0.717) is 39.2 Å². The third-order valence-corrected chi connectivity index (χ3v) is 16.9. The zero-order valence-electron chi connectivity index (χ0n) is 40.6. The molecule has 0 saturated heterocycles. The van der Waals surface area contributed by atoms with Gasteiger partial charge < -0.3 is 30.2 Å². The Hall–Kier alpha value is -8.33. The van der Waals surface area contributed by atoms with Gasteiger partial charge in [0.2, 0.25) is 0 Å². The maximum absolute atomic E-state index is 13.7. The molecule has 2 aliphatic rings. The van der Waals surface area contributed by atoms with E-state index in [4.69, 9.17) is 4.42 Å². The van der Waals surface area contributed by atoms with Crippen molar-refractivity contribution in [1.29, 1.82) is 0 Å². The Morgan fingerprint density at radius 3 is 1.59 bits per heavy atom. The zero-order valence-corrected chi connectivity index (χ0v) is 43.8. The highest BCUT2D eigenvalue weighted by Crippen LogP contribution is 2.45. The molecule has 76 heavy (non-hydrogen) atoms. The van der Waals surface area contributed by atoms with Crippen LogP contribution >= 0.6 is 0 Å². The Morgan fingerprint density at radius 1 is 0.539 bits per heavy atom. The first kappa shape index (κ1) is 53.9. The molecule has 1 aliphatic heterocycles. The molecule has 0 unspecified atom stereocenters. The van der Waals surface area contributed by atoms with Crippen LogP contribution < -0.4 is 20.1 Å². The highest BCUT2D eigenvalue weighted by atomic mass is 32.2. The normalized spacial score (nSPS) is 12.5.